The van der Waals surface area contributed by atoms with Crippen LogP contribution in [0.1, 0.15) is 49.3 Å². The molecule has 0 radical (unpaired) electrons. The second-order valence-corrected chi connectivity index (χ2v) is 8.29. The summed E-state index contributed by atoms with van der Waals surface area (Å²) in [5, 5.41) is 2.73. The molecule has 1 unspecified atom stereocenters. The summed E-state index contributed by atoms with van der Waals surface area (Å²) in [7, 11) is 0. The minimum Gasteiger partial charge on any atom is -0.338 e. The van der Waals surface area contributed by atoms with E-state index in [-0.39, 0.29) is 18.2 Å². The molecule has 2 aliphatic heterocycles. The molecule has 2 aliphatic rings. The normalized spacial score (nSPS) is 18.6. The van der Waals surface area contributed by atoms with E-state index >= 15 is 0 Å². The Labute approximate surface area is 176 Å². The molecule has 4 rings (SSSR count). The maximum absolute atomic E-state index is 12.8. The van der Waals surface area contributed by atoms with E-state index in [1.54, 1.807) is 12.1 Å². The lowest BCUT2D eigenvalue weighted by Gasteiger charge is -2.29. The summed E-state index contributed by atoms with van der Waals surface area (Å²) in [5.74, 6) is 0.100. The summed E-state index contributed by atoms with van der Waals surface area (Å²) in [4.78, 5) is 40.9. The second kappa shape index (κ2) is 8.30. The summed E-state index contributed by atoms with van der Waals surface area (Å²) in [5.41, 5.74) is 4.18. The van der Waals surface area contributed by atoms with Gasteiger partial charge in [0.1, 0.15) is 6.04 Å². The summed E-state index contributed by atoms with van der Waals surface area (Å²) in [6.45, 7) is 5.48. The average Bonchev–Trinajstić information content (AvgIpc) is 3.04. The van der Waals surface area contributed by atoms with Gasteiger partial charge in [0.15, 0.2) is 0 Å². The first-order valence-electron chi connectivity index (χ1n) is 10.5. The fraction of sp³-hybridized carbons (Fsp3) is 0.375. The lowest BCUT2D eigenvalue weighted by molar-refractivity contribution is -0.132. The van der Waals surface area contributed by atoms with Crippen molar-refractivity contribution in [2.45, 2.75) is 51.6 Å². The molecule has 2 heterocycles. The van der Waals surface area contributed by atoms with Gasteiger partial charge in [0.25, 0.3) is 5.91 Å². The van der Waals surface area contributed by atoms with Crippen LogP contribution >= 0.6 is 0 Å². The lowest BCUT2D eigenvalue weighted by Crippen LogP contribution is -2.37. The largest absolute Gasteiger partial charge is 0.338 e. The number of fused-ring (bicyclic) bond motifs is 1. The van der Waals surface area contributed by atoms with E-state index in [4.69, 9.17) is 0 Å². The molecule has 2 aromatic rings. The van der Waals surface area contributed by atoms with E-state index in [1.165, 1.54) is 16.0 Å². The van der Waals surface area contributed by atoms with Crippen molar-refractivity contribution in [1.29, 1.82) is 0 Å². The average molecular weight is 405 g/mol. The van der Waals surface area contributed by atoms with Crippen LogP contribution in [0.25, 0.3) is 0 Å². The monoisotopic (exact) mass is 405 g/mol. The van der Waals surface area contributed by atoms with E-state index in [2.05, 4.69) is 31.3 Å². The summed E-state index contributed by atoms with van der Waals surface area (Å²) in [6.07, 6.45) is 1.39. The van der Waals surface area contributed by atoms with Crippen LogP contribution in [0.15, 0.2) is 48.5 Å². The number of nitrogens with one attached hydrogen (secondary N) is 1. The van der Waals surface area contributed by atoms with Crippen LogP contribution < -0.4 is 10.2 Å². The number of hydrogen-bond acceptors (Lipinski definition) is 3. The molecular weight excluding hydrogens is 378 g/mol. The molecule has 0 bridgehead atoms. The number of amides is 4. The molecule has 2 aromatic carbocycles. The Morgan fingerprint density at radius 3 is 2.47 bits per heavy atom. The summed E-state index contributed by atoms with van der Waals surface area (Å²) < 4.78 is 0. The number of urea groups is 1. The number of rotatable bonds is 5. The van der Waals surface area contributed by atoms with Gasteiger partial charge in [0.2, 0.25) is 5.91 Å². The molecule has 1 fully saturated rings. The van der Waals surface area contributed by atoms with E-state index in [9.17, 15) is 14.4 Å². The molecule has 1 saturated heterocycles. The minimum absolute atomic E-state index is 0.0197. The molecule has 0 aliphatic carbocycles. The lowest BCUT2D eigenvalue weighted by atomic mass is 9.99. The third-order valence-corrected chi connectivity index (χ3v) is 5.97. The zero-order valence-electron chi connectivity index (χ0n) is 17.4. The molecule has 1 N–H and O–H groups in total. The zero-order chi connectivity index (χ0) is 21.3. The summed E-state index contributed by atoms with van der Waals surface area (Å²) in [6, 6.07) is 14.5. The second-order valence-electron chi connectivity index (χ2n) is 8.29. The van der Waals surface area contributed by atoms with Crippen molar-refractivity contribution in [2.24, 2.45) is 0 Å². The molecule has 4 amide bonds. The molecule has 1 atom stereocenters. The molecular formula is C24H27N3O3. The number of imide groups is 1. The Kier molecular flexibility index (Phi) is 5.57. The van der Waals surface area contributed by atoms with Gasteiger partial charge < -0.3 is 10.2 Å². The number of carbonyl (C=O) groups is 3. The van der Waals surface area contributed by atoms with Gasteiger partial charge in [-0.15, -0.1) is 0 Å². The van der Waals surface area contributed by atoms with Gasteiger partial charge in [-0.25, -0.2) is 9.69 Å². The first-order valence-corrected chi connectivity index (χ1v) is 10.5. The quantitative estimate of drug-likeness (QED) is 0.773. The van der Waals surface area contributed by atoms with Gasteiger partial charge >= 0.3 is 6.03 Å². The maximum Gasteiger partial charge on any atom is 0.329 e. The molecule has 6 nitrogen and oxygen atoms in total. The highest BCUT2D eigenvalue weighted by Gasteiger charge is 2.39. The van der Waals surface area contributed by atoms with Crippen LogP contribution in [-0.4, -0.2) is 35.3 Å². The van der Waals surface area contributed by atoms with Crippen LogP contribution in [0.4, 0.5) is 10.5 Å². The predicted molar refractivity (Wildman–Crippen MR) is 115 cm³/mol. The summed E-state index contributed by atoms with van der Waals surface area (Å²) >= 11 is 0. The SMILES string of the molecule is CC(C)c1ccc(N2C(=O)NC(CCC(=O)N3CCc4ccccc4C3)C2=O)cc1. The highest BCUT2D eigenvalue weighted by molar-refractivity contribution is 6.21. The third-order valence-electron chi connectivity index (χ3n) is 5.97. The van der Waals surface area contributed by atoms with Crippen molar-refractivity contribution in [3.8, 4) is 0 Å². The molecule has 0 spiro atoms. The number of nitrogens with zero attached hydrogens (tertiary/aromatic N) is 2. The van der Waals surface area contributed by atoms with Crippen molar-refractivity contribution in [1.82, 2.24) is 10.2 Å². The standard InChI is InChI=1S/C24H27N3O3/c1-16(2)17-7-9-20(10-8-17)27-23(29)21(25-24(27)30)11-12-22(28)26-14-13-18-5-3-4-6-19(18)15-26/h3-10,16,21H,11-15H2,1-2H3,(H,25,30). The Morgan fingerprint density at radius 1 is 1.07 bits per heavy atom. The predicted octanol–water partition coefficient (Wildman–Crippen LogP) is 3.60. The highest BCUT2D eigenvalue weighted by atomic mass is 16.2. The van der Waals surface area contributed by atoms with Crippen molar-refractivity contribution >= 4 is 23.5 Å². The van der Waals surface area contributed by atoms with Gasteiger partial charge in [-0.3, -0.25) is 9.59 Å². The Hall–Kier alpha value is -3.15. The van der Waals surface area contributed by atoms with E-state index < -0.39 is 12.1 Å². The fourth-order valence-electron chi connectivity index (χ4n) is 4.11. The Balaban J connectivity index is 1.36. The third kappa shape index (κ3) is 3.95. The minimum atomic E-state index is -0.664. The molecule has 6 heteroatoms. The maximum atomic E-state index is 12.8. The zero-order valence-corrected chi connectivity index (χ0v) is 17.4. The van der Waals surface area contributed by atoms with Gasteiger partial charge in [0.05, 0.1) is 5.69 Å². The highest BCUT2D eigenvalue weighted by Crippen LogP contribution is 2.25. The van der Waals surface area contributed by atoms with Crippen molar-refractivity contribution in [3.63, 3.8) is 0 Å². The van der Waals surface area contributed by atoms with E-state index in [0.29, 0.717) is 31.1 Å². The van der Waals surface area contributed by atoms with Crippen molar-refractivity contribution < 1.29 is 14.4 Å². The number of carbonyl (C=O) groups excluding carboxylic acids is 3. The molecule has 0 saturated carbocycles. The van der Waals surface area contributed by atoms with Crippen LogP contribution in [0.5, 0.6) is 0 Å². The van der Waals surface area contributed by atoms with Gasteiger partial charge in [-0.1, -0.05) is 50.2 Å². The van der Waals surface area contributed by atoms with Crippen LogP contribution in [0.3, 0.4) is 0 Å². The molecule has 30 heavy (non-hydrogen) atoms. The van der Waals surface area contributed by atoms with Crippen LogP contribution in [-0.2, 0) is 22.6 Å². The Bertz CT molecular complexity index is 968. The van der Waals surface area contributed by atoms with Crippen molar-refractivity contribution in [3.05, 3.63) is 65.2 Å². The van der Waals surface area contributed by atoms with E-state index in [0.717, 1.165) is 12.0 Å². The van der Waals surface area contributed by atoms with Gasteiger partial charge in [-0.2, -0.15) is 0 Å². The fourth-order valence-corrected chi connectivity index (χ4v) is 4.11. The molecule has 156 valence electrons. The number of anilines is 1. The first kappa shape index (κ1) is 20.1. The van der Waals surface area contributed by atoms with Crippen LogP contribution in [0, 0.1) is 0 Å². The molecule has 0 aromatic heterocycles. The smallest absolute Gasteiger partial charge is 0.329 e. The van der Waals surface area contributed by atoms with E-state index in [1.807, 2.05) is 29.2 Å². The Morgan fingerprint density at radius 2 is 1.77 bits per heavy atom. The van der Waals surface area contributed by atoms with Gasteiger partial charge in [0, 0.05) is 19.5 Å². The number of benzene rings is 2. The van der Waals surface area contributed by atoms with Crippen molar-refractivity contribution in [2.75, 3.05) is 11.4 Å². The first-order chi connectivity index (χ1) is 14.4. The number of hydrogen-bond donors (Lipinski definition) is 1. The van der Waals surface area contributed by atoms with Crippen LogP contribution in [0.2, 0.25) is 0 Å². The van der Waals surface area contributed by atoms with Gasteiger partial charge in [-0.05, 0) is 47.6 Å². The topological polar surface area (TPSA) is 69.7 Å².